The third-order valence-electron chi connectivity index (χ3n) is 3.76. The smallest absolute Gasteiger partial charge is 0.328 e. The molecule has 0 amide bonds. The van der Waals surface area contributed by atoms with Crippen molar-refractivity contribution < 1.29 is 9.90 Å². The molecule has 0 aliphatic heterocycles. The highest BCUT2D eigenvalue weighted by Gasteiger charge is 2.16. The summed E-state index contributed by atoms with van der Waals surface area (Å²) < 4.78 is 1.08. The summed E-state index contributed by atoms with van der Waals surface area (Å²) in [6.45, 7) is 3.68. The summed E-state index contributed by atoms with van der Waals surface area (Å²) in [4.78, 5) is 38.1. The van der Waals surface area contributed by atoms with Gasteiger partial charge in [0.15, 0.2) is 0 Å². The summed E-state index contributed by atoms with van der Waals surface area (Å²) in [7, 11) is 0. The number of benzene rings is 1. The summed E-state index contributed by atoms with van der Waals surface area (Å²) in [6.07, 6.45) is 0.723. The van der Waals surface area contributed by atoms with Crippen LogP contribution in [0.5, 0.6) is 0 Å². The van der Waals surface area contributed by atoms with Crippen LogP contribution in [0.2, 0.25) is 0 Å². The molecule has 0 aliphatic rings. The van der Waals surface area contributed by atoms with Gasteiger partial charge in [-0.25, -0.2) is 4.79 Å². The van der Waals surface area contributed by atoms with Gasteiger partial charge >= 0.3 is 11.7 Å². The van der Waals surface area contributed by atoms with Crippen LogP contribution < -0.4 is 11.2 Å². The Morgan fingerprint density at radius 1 is 1.38 bits per heavy atom. The van der Waals surface area contributed by atoms with E-state index < -0.39 is 17.6 Å². The molecular formula is C15H18N2O4. The SMILES string of the molecule is CCC(CCn1c(=O)[nH]c2cccc(C)c2c1=O)C(=O)O. The van der Waals surface area contributed by atoms with Crippen LogP contribution in [0.4, 0.5) is 0 Å². The van der Waals surface area contributed by atoms with Crippen LogP contribution in [0.15, 0.2) is 27.8 Å². The number of H-pyrrole nitrogens is 1. The maximum atomic E-state index is 12.4. The molecule has 2 N–H and O–H groups in total. The van der Waals surface area contributed by atoms with Crippen LogP contribution in [-0.2, 0) is 11.3 Å². The van der Waals surface area contributed by atoms with E-state index >= 15 is 0 Å². The van der Waals surface area contributed by atoms with Gasteiger partial charge in [0.2, 0.25) is 0 Å². The van der Waals surface area contributed by atoms with Gasteiger partial charge in [0.05, 0.1) is 16.8 Å². The highest BCUT2D eigenvalue weighted by atomic mass is 16.4. The van der Waals surface area contributed by atoms with Crippen molar-refractivity contribution in [3.05, 3.63) is 44.6 Å². The third-order valence-corrected chi connectivity index (χ3v) is 3.76. The fourth-order valence-electron chi connectivity index (χ4n) is 2.46. The lowest BCUT2D eigenvalue weighted by Gasteiger charge is -2.11. The lowest BCUT2D eigenvalue weighted by molar-refractivity contribution is -0.142. The normalized spacial score (nSPS) is 12.5. The summed E-state index contributed by atoms with van der Waals surface area (Å²) in [6, 6.07) is 5.26. The lowest BCUT2D eigenvalue weighted by atomic mass is 10.0. The average molecular weight is 290 g/mol. The Balaban J connectivity index is 2.45. The second kappa shape index (κ2) is 5.95. The van der Waals surface area contributed by atoms with Crippen LogP contribution in [0.3, 0.4) is 0 Å². The molecule has 1 aromatic heterocycles. The lowest BCUT2D eigenvalue weighted by Crippen LogP contribution is -2.36. The first-order valence-corrected chi connectivity index (χ1v) is 6.91. The number of rotatable bonds is 5. The minimum Gasteiger partial charge on any atom is -0.481 e. The summed E-state index contributed by atoms with van der Waals surface area (Å²) in [5, 5.41) is 9.51. The molecule has 0 fully saturated rings. The molecule has 1 unspecified atom stereocenters. The maximum Gasteiger partial charge on any atom is 0.328 e. The maximum absolute atomic E-state index is 12.4. The van der Waals surface area contributed by atoms with E-state index in [0.29, 0.717) is 17.3 Å². The van der Waals surface area contributed by atoms with Crippen molar-refractivity contribution >= 4 is 16.9 Å². The van der Waals surface area contributed by atoms with Crippen molar-refractivity contribution in [2.45, 2.75) is 33.2 Å². The molecule has 6 nitrogen and oxygen atoms in total. The number of nitrogens with zero attached hydrogens (tertiary/aromatic N) is 1. The number of aliphatic carboxylic acids is 1. The summed E-state index contributed by atoms with van der Waals surface area (Å²) in [5.74, 6) is -1.46. The second-order valence-corrected chi connectivity index (χ2v) is 5.12. The Labute approximate surface area is 121 Å². The average Bonchev–Trinajstić information content (AvgIpc) is 2.41. The highest BCUT2D eigenvalue weighted by Crippen LogP contribution is 2.11. The van der Waals surface area contributed by atoms with E-state index in [1.807, 2.05) is 0 Å². The van der Waals surface area contributed by atoms with E-state index in [1.165, 1.54) is 0 Å². The summed E-state index contributed by atoms with van der Waals surface area (Å²) >= 11 is 0. The van der Waals surface area contributed by atoms with Crippen molar-refractivity contribution in [2.75, 3.05) is 0 Å². The number of aromatic amines is 1. The van der Waals surface area contributed by atoms with Gasteiger partial charge in [-0.2, -0.15) is 0 Å². The van der Waals surface area contributed by atoms with E-state index in [1.54, 1.807) is 32.0 Å². The fraction of sp³-hybridized carbons (Fsp3) is 0.400. The highest BCUT2D eigenvalue weighted by molar-refractivity contribution is 5.80. The van der Waals surface area contributed by atoms with Gasteiger partial charge in [0.1, 0.15) is 0 Å². The molecule has 21 heavy (non-hydrogen) atoms. The molecular weight excluding hydrogens is 272 g/mol. The summed E-state index contributed by atoms with van der Waals surface area (Å²) in [5.41, 5.74) is 0.421. The van der Waals surface area contributed by atoms with E-state index in [2.05, 4.69) is 4.98 Å². The van der Waals surface area contributed by atoms with E-state index in [9.17, 15) is 14.4 Å². The zero-order valence-corrected chi connectivity index (χ0v) is 12.0. The molecule has 0 bridgehead atoms. The molecule has 2 aromatic rings. The van der Waals surface area contributed by atoms with Crippen LogP contribution >= 0.6 is 0 Å². The molecule has 112 valence electrons. The molecule has 1 atom stereocenters. The minimum atomic E-state index is -0.904. The zero-order chi connectivity index (χ0) is 15.6. The number of carboxylic acid groups (broad SMARTS) is 1. The van der Waals surface area contributed by atoms with Crippen LogP contribution in [0.1, 0.15) is 25.3 Å². The van der Waals surface area contributed by atoms with Gasteiger partial charge in [0.25, 0.3) is 5.56 Å². The molecule has 1 heterocycles. The Kier molecular flexibility index (Phi) is 4.26. The number of aryl methyl sites for hydroxylation is 1. The topological polar surface area (TPSA) is 92.2 Å². The molecule has 0 saturated heterocycles. The van der Waals surface area contributed by atoms with Crippen LogP contribution in [0.25, 0.3) is 10.9 Å². The van der Waals surface area contributed by atoms with Crippen molar-refractivity contribution in [1.82, 2.24) is 9.55 Å². The Morgan fingerprint density at radius 3 is 2.71 bits per heavy atom. The Hall–Kier alpha value is -2.37. The largest absolute Gasteiger partial charge is 0.481 e. The van der Waals surface area contributed by atoms with Gasteiger partial charge < -0.3 is 10.1 Å². The van der Waals surface area contributed by atoms with Crippen LogP contribution in [0, 0.1) is 12.8 Å². The minimum absolute atomic E-state index is 0.100. The molecule has 0 spiro atoms. The quantitative estimate of drug-likeness (QED) is 0.872. The predicted molar refractivity (Wildman–Crippen MR) is 79.6 cm³/mol. The number of nitrogens with one attached hydrogen (secondary N) is 1. The number of fused-ring (bicyclic) bond motifs is 1. The molecule has 6 heteroatoms. The van der Waals surface area contributed by atoms with Crippen molar-refractivity contribution in [2.24, 2.45) is 5.92 Å². The number of aromatic nitrogens is 2. The van der Waals surface area contributed by atoms with Crippen LogP contribution in [-0.4, -0.2) is 20.6 Å². The first-order chi connectivity index (χ1) is 9.95. The second-order valence-electron chi connectivity index (χ2n) is 5.12. The monoisotopic (exact) mass is 290 g/mol. The third kappa shape index (κ3) is 2.89. The van der Waals surface area contributed by atoms with Gasteiger partial charge in [-0.15, -0.1) is 0 Å². The first-order valence-electron chi connectivity index (χ1n) is 6.91. The molecule has 2 rings (SSSR count). The number of carbonyl (C=O) groups is 1. The molecule has 0 aliphatic carbocycles. The van der Waals surface area contributed by atoms with Crippen molar-refractivity contribution in [1.29, 1.82) is 0 Å². The zero-order valence-electron chi connectivity index (χ0n) is 12.0. The van der Waals surface area contributed by atoms with E-state index in [-0.39, 0.29) is 18.5 Å². The van der Waals surface area contributed by atoms with Gasteiger partial charge in [0, 0.05) is 6.54 Å². The van der Waals surface area contributed by atoms with Crippen molar-refractivity contribution in [3.8, 4) is 0 Å². The van der Waals surface area contributed by atoms with E-state index in [0.717, 1.165) is 10.1 Å². The number of carboxylic acids is 1. The Bertz CT molecular complexity index is 788. The van der Waals surface area contributed by atoms with Gasteiger partial charge in [-0.05, 0) is 31.4 Å². The fourth-order valence-corrected chi connectivity index (χ4v) is 2.46. The number of hydrogen-bond donors (Lipinski definition) is 2. The number of hydrogen-bond acceptors (Lipinski definition) is 3. The molecule has 0 saturated carbocycles. The molecule has 0 radical (unpaired) electrons. The van der Waals surface area contributed by atoms with Gasteiger partial charge in [-0.3, -0.25) is 14.2 Å². The Morgan fingerprint density at radius 2 is 2.10 bits per heavy atom. The standard InChI is InChI=1S/C15H18N2O4/c1-3-10(14(19)20)7-8-17-13(18)12-9(2)5-4-6-11(12)16-15(17)21/h4-6,10H,3,7-8H2,1-2H3,(H,16,21)(H,19,20). The van der Waals surface area contributed by atoms with Crippen molar-refractivity contribution in [3.63, 3.8) is 0 Å². The van der Waals surface area contributed by atoms with Gasteiger partial charge in [-0.1, -0.05) is 19.1 Å². The molecule has 1 aromatic carbocycles. The first kappa shape index (κ1) is 15.0. The van der Waals surface area contributed by atoms with E-state index in [4.69, 9.17) is 5.11 Å². The predicted octanol–water partition coefficient (Wildman–Crippen LogP) is 1.50.